The highest BCUT2D eigenvalue weighted by Crippen LogP contribution is 2.39. The Kier molecular flexibility index (Phi) is 6.47. The number of rotatable bonds is 7. The van der Waals surface area contributed by atoms with Crippen molar-refractivity contribution in [2.75, 3.05) is 26.4 Å². The molecule has 0 amide bonds. The summed E-state index contributed by atoms with van der Waals surface area (Å²) in [5, 5.41) is 9.63. The van der Waals surface area contributed by atoms with Crippen LogP contribution >= 0.6 is 0 Å². The fraction of sp³-hybridized carbons (Fsp3) is 0.739. The van der Waals surface area contributed by atoms with Crippen molar-refractivity contribution in [2.45, 2.75) is 83.1 Å². The maximum atomic E-state index is 9.63. The molecule has 2 fully saturated rings. The molecular formula is C23H35NO5. The highest BCUT2D eigenvalue weighted by Gasteiger charge is 2.44. The largest absolute Gasteiger partial charge is 0.491 e. The van der Waals surface area contributed by atoms with E-state index in [1.165, 1.54) is 11.1 Å². The third kappa shape index (κ3) is 4.94. The molecule has 1 aliphatic carbocycles. The van der Waals surface area contributed by atoms with Gasteiger partial charge in [-0.25, -0.2) is 0 Å². The van der Waals surface area contributed by atoms with Gasteiger partial charge in [-0.2, -0.15) is 0 Å². The topological polar surface area (TPSA) is 60.4 Å². The molecule has 6 nitrogen and oxygen atoms in total. The number of nitrogens with zero attached hydrogens (tertiary/aromatic N) is 1. The Hall–Kier alpha value is -1.18. The normalized spacial score (nSPS) is 31.3. The smallest absolute Gasteiger partial charge is 0.163 e. The SMILES string of the molecule is CCCCC1CN(CO)CC(COc2cccc3c2CC2OC(C)(C)OC2C3)O1. The van der Waals surface area contributed by atoms with Crippen LogP contribution in [0.15, 0.2) is 18.2 Å². The molecular weight excluding hydrogens is 370 g/mol. The number of fused-ring (bicyclic) bond motifs is 2. The van der Waals surface area contributed by atoms with Crippen molar-refractivity contribution in [1.29, 1.82) is 0 Å². The zero-order valence-corrected chi connectivity index (χ0v) is 17.9. The van der Waals surface area contributed by atoms with Crippen LogP contribution in [0.2, 0.25) is 0 Å². The molecule has 1 N–H and O–H groups in total. The number of hydrogen-bond donors (Lipinski definition) is 1. The second-order valence-corrected chi connectivity index (χ2v) is 9.03. The van der Waals surface area contributed by atoms with E-state index in [9.17, 15) is 5.11 Å². The Morgan fingerprint density at radius 3 is 2.66 bits per heavy atom. The number of benzene rings is 1. The average Bonchev–Trinajstić information content (AvgIpc) is 3.01. The molecule has 0 spiro atoms. The molecule has 2 saturated heterocycles. The molecule has 0 saturated carbocycles. The Bertz CT molecular complexity index is 694. The minimum Gasteiger partial charge on any atom is -0.491 e. The standard InChI is InChI=1S/C23H35NO5/c1-4-5-8-17-12-24(15-25)13-18(27-17)14-26-20-9-6-7-16-10-21-22(11-19(16)20)29-23(2,3)28-21/h6-7,9,17-18,21-22,25H,4-5,8,10-15H2,1-3H3. The minimum atomic E-state index is -0.518. The Morgan fingerprint density at radius 1 is 1.14 bits per heavy atom. The maximum Gasteiger partial charge on any atom is 0.163 e. The van der Waals surface area contributed by atoms with E-state index in [-0.39, 0.29) is 31.1 Å². The Balaban J connectivity index is 1.40. The third-order valence-corrected chi connectivity index (χ3v) is 6.15. The van der Waals surface area contributed by atoms with Crippen molar-refractivity contribution in [3.63, 3.8) is 0 Å². The number of unbranched alkanes of at least 4 members (excludes halogenated alkanes) is 1. The number of hydrogen-bond acceptors (Lipinski definition) is 6. The van der Waals surface area contributed by atoms with Gasteiger partial charge in [-0.3, -0.25) is 4.90 Å². The van der Waals surface area contributed by atoms with Crippen molar-refractivity contribution >= 4 is 0 Å². The van der Waals surface area contributed by atoms with E-state index in [1.807, 2.05) is 19.9 Å². The van der Waals surface area contributed by atoms with Gasteiger partial charge in [0.2, 0.25) is 0 Å². The van der Waals surface area contributed by atoms with Crippen LogP contribution in [0.1, 0.15) is 51.2 Å². The summed E-state index contributed by atoms with van der Waals surface area (Å²) in [6.45, 7) is 8.21. The number of morpholine rings is 1. The second-order valence-electron chi connectivity index (χ2n) is 9.03. The highest BCUT2D eigenvalue weighted by molar-refractivity contribution is 5.43. The monoisotopic (exact) mass is 405 g/mol. The number of aliphatic hydroxyl groups excluding tert-OH is 1. The van der Waals surface area contributed by atoms with E-state index >= 15 is 0 Å². The molecule has 4 rings (SSSR count). The van der Waals surface area contributed by atoms with Crippen LogP contribution in [-0.2, 0) is 27.1 Å². The zero-order valence-electron chi connectivity index (χ0n) is 17.9. The fourth-order valence-electron chi connectivity index (χ4n) is 4.83. The van der Waals surface area contributed by atoms with Gasteiger partial charge in [0, 0.05) is 31.5 Å². The average molecular weight is 406 g/mol. The van der Waals surface area contributed by atoms with E-state index in [4.69, 9.17) is 18.9 Å². The first-order valence-corrected chi connectivity index (χ1v) is 11.0. The van der Waals surface area contributed by atoms with Crippen LogP contribution in [0.4, 0.5) is 0 Å². The van der Waals surface area contributed by atoms with E-state index in [1.54, 1.807) is 0 Å². The summed E-state index contributed by atoms with van der Waals surface area (Å²) in [5.41, 5.74) is 2.51. The molecule has 6 heteroatoms. The lowest BCUT2D eigenvalue weighted by Crippen LogP contribution is -2.49. The lowest BCUT2D eigenvalue weighted by atomic mass is 9.87. The van der Waals surface area contributed by atoms with Gasteiger partial charge in [0.25, 0.3) is 0 Å². The Labute approximate surface area is 174 Å². The van der Waals surface area contributed by atoms with Crippen LogP contribution in [-0.4, -0.2) is 66.6 Å². The molecule has 29 heavy (non-hydrogen) atoms. The summed E-state index contributed by atoms with van der Waals surface area (Å²) < 4.78 is 24.7. The van der Waals surface area contributed by atoms with E-state index in [2.05, 4.69) is 24.0 Å². The molecule has 0 radical (unpaired) electrons. The van der Waals surface area contributed by atoms with Crippen molar-refractivity contribution in [3.8, 4) is 5.75 Å². The highest BCUT2D eigenvalue weighted by atomic mass is 16.7. The summed E-state index contributed by atoms with van der Waals surface area (Å²) in [6.07, 6.45) is 5.33. The molecule has 162 valence electrons. The van der Waals surface area contributed by atoms with Crippen LogP contribution in [0, 0.1) is 0 Å². The molecule has 4 atom stereocenters. The fourth-order valence-corrected chi connectivity index (χ4v) is 4.83. The van der Waals surface area contributed by atoms with E-state index in [0.29, 0.717) is 13.2 Å². The third-order valence-electron chi connectivity index (χ3n) is 6.15. The van der Waals surface area contributed by atoms with Crippen molar-refractivity contribution in [1.82, 2.24) is 4.90 Å². The maximum absolute atomic E-state index is 9.63. The predicted molar refractivity (Wildman–Crippen MR) is 110 cm³/mol. The lowest BCUT2D eigenvalue weighted by molar-refractivity contribution is -0.145. The summed E-state index contributed by atoms with van der Waals surface area (Å²) in [6, 6.07) is 6.26. The quantitative estimate of drug-likeness (QED) is 0.753. The van der Waals surface area contributed by atoms with Gasteiger partial charge in [0.15, 0.2) is 5.79 Å². The van der Waals surface area contributed by atoms with Gasteiger partial charge < -0.3 is 24.1 Å². The first-order chi connectivity index (χ1) is 14.0. The van der Waals surface area contributed by atoms with Gasteiger partial charge in [0.1, 0.15) is 18.5 Å². The second kappa shape index (κ2) is 8.90. The molecule has 2 aliphatic heterocycles. The molecule has 4 unspecified atom stereocenters. The summed E-state index contributed by atoms with van der Waals surface area (Å²) in [4.78, 5) is 2.05. The van der Waals surface area contributed by atoms with Crippen LogP contribution < -0.4 is 4.74 Å². The van der Waals surface area contributed by atoms with Gasteiger partial charge in [-0.1, -0.05) is 31.9 Å². The molecule has 3 aliphatic rings. The van der Waals surface area contributed by atoms with Crippen molar-refractivity contribution < 1.29 is 24.1 Å². The molecule has 1 aromatic carbocycles. The van der Waals surface area contributed by atoms with Gasteiger partial charge in [0.05, 0.1) is 25.0 Å². The zero-order chi connectivity index (χ0) is 20.4. The van der Waals surface area contributed by atoms with Crippen LogP contribution in [0.3, 0.4) is 0 Å². The number of aliphatic hydroxyl groups is 1. The van der Waals surface area contributed by atoms with Crippen molar-refractivity contribution in [2.24, 2.45) is 0 Å². The van der Waals surface area contributed by atoms with E-state index < -0.39 is 5.79 Å². The van der Waals surface area contributed by atoms with Gasteiger partial charge in [-0.05, 0) is 31.9 Å². The first-order valence-electron chi connectivity index (χ1n) is 11.0. The first kappa shape index (κ1) is 21.1. The molecule has 1 aromatic rings. The van der Waals surface area contributed by atoms with Gasteiger partial charge >= 0.3 is 0 Å². The molecule has 0 bridgehead atoms. The van der Waals surface area contributed by atoms with Crippen molar-refractivity contribution in [3.05, 3.63) is 29.3 Å². The molecule has 2 heterocycles. The summed E-state index contributed by atoms with van der Waals surface area (Å²) in [7, 11) is 0. The number of ether oxygens (including phenoxy) is 4. The minimum absolute atomic E-state index is 0.0325. The van der Waals surface area contributed by atoms with Crippen LogP contribution in [0.5, 0.6) is 5.75 Å². The predicted octanol–water partition coefficient (Wildman–Crippen LogP) is 2.89. The van der Waals surface area contributed by atoms with Crippen LogP contribution in [0.25, 0.3) is 0 Å². The summed E-state index contributed by atoms with van der Waals surface area (Å²) >= 11 is 0. The molecule has 0 aromatic heterocycles. The lowest BCUT2D eigenvalue weighted by Gasteiger charge is -2.37. The summed E-state index contributed by atoms with van der Waals surface area (Å²) in [5.74, 6) is 0.402. The van der Waals surface area contributed by atoms with Gasteiger partial charge in [-0.15, -0.1) is 0 Å². The van der Waals surface area contributed by atoms with E-state index in [0.717, 1.165) is 44.4 Å². The Morgan fingerprint density at radius 2 is 1.90 bits per heavy atom.